The molecule has 1 heterocycles. The summed E-state index contributed by atoms with van der Waals surface area (Å²) < 4.78 is 44.7. The summed E-state index contributed by atoms with van der Waals surface area (Å²) in [5, 5.41) is 8.88. The number of thioether (sulfide) groups is 1. The number of nitrogens with zero attached hydrogens (tertiary/aromatic N) is 4. The van der Waals surface area contributed by atoms with Crippen LogP contribution in [-0.2, 0) is 4.79 Å². The van der Waals surface area contributed by atoms with Gasteiger partial charge < -0.3 is 9.64 Å². The first-order valence-electron chi connectivity index (χ1n) is 9.28. The first-order chi connectivity index (χ1) is 14.7. The molecule has 0 aliphatic carbocycles. The van der Waals surface area contributed by atoms with Crippen molar-refractivity contribution in [2.45, 2.75) is 18.3 Å². The molecule has 0 spiro atoms. The minimum Gasteiger partial charge on any atom is -0.497 e. The minimum absolute atomic E-state index is 0.200. The molecule has 0 saturated heterocycles. The van der Waals surface area contributed by atoms with Crippen molar-refractivity contribution in [1.29, 1.82) is 0 Å². The molecule has 0 radical (unpaired) electrons. The zero-order valence-electron chi connectivity index (χ0n) is 17.2. The van der Waals surface area contributed by atoms with Gasteiger partial charge in [-0.2, -0.15) is 13.2 Å². The van der Waals surface area contributed by atoms with Crippen LogP contribution in [0.25, 0.3) is 17.1 Å². The van der Waals surface area contributed by atoms with Crippen LogP contribution in [0.3, 0.4) is 0 Å². The molecule has 0 aliphatic rings. The molecule has 0 unspecified atom stereocenters. The Balaban J connectivity index is 1.92. The van der Waals surface area contributed by atoms with Crippen LogP contribution in [0.5, 0.6) is 5.75 Å². The Morgan fingerprint density at radius 3 is 2.48 bits per heavy atom. The molecule has 0 saturated carbocycles. The lowest BCUT2D eigenvalue weighted by Gasteiger charge is -2.18. The highest BCUT2D eigenvalue weighted by molar-refractivity contribution is 7.99. The molecule has 0 fully saturated rings. The number of rotatable bonds is 7. The Hall–Kier alpha value is -3.01. The fourth-order valence-electron chi connectivity index (χ4n) is 2.89. The molecular formula is C21H21F3N4O2S. The second-order valence-corrected chi connectivity index (χ2v) is 7.81. The molecule has 0 aliphatic heterocycles. The zero-order chi connectivity index (χ0) is 22.6. The SMILES string of the molecule is COc1ccc(-n2c(SCC(=O)N(C)CC(F)(F)F)nnc2-c2cccc(C)c2)cc1. The van der Waals surface area contributed by atoms with Gasteiger partial charge in [-0.3, -0.25) is 9.36 Å². The summed E-state index contributed by atoms with van der Waals surface area (Å²) in [6, 6.07) is 14.9. The van der Waals surface area contributed by atoms with Crippen molar-refractivity contribution in [3.63, 3.8) is 0 Å². The molecule has 0 atom stereocenters. The number of benzene rings is 2. The number of carbonyl (C=O) groups excluding carboxylic acids is 1. The van der Waals surface area contributed by atoms with Gasteiger partial charge >= 0.3 is 6.18 Å². The number of hydrogen-bond acceptors (Lipinski definition) is 5. The smallest absolute Gasteiger partial charge is 0.406 e. The van der Waals surface area contributed by atoms with E-state index in [4.69, 9.17) is 4.74 Å². The van der Waals surface area contributed by atoms with Crippen LogP contribution in [0.2, 0.25) is 0 Å². The second-order valence-electron chi connectivity index (χ2n) is 6.86. The maximum atomic E-state index is 12.6. The van der Waals surface area contributed by atoms with Gasteiger partial charge in [0.15, 0.2) is 11.0 Å². The Kier molecular flexibility index (Phi) is 6.89. The van der Waals surface area contributed by atoms with Crippen LogP contribution in [-0.4, -0.2) is 58.2 Å². The van der Waals surface area contributed by atoms with E-state index in [1.807, 2.05) is 43.3 Å². The van der Waals surface area contributed by atoms with Crippen molar-refractivity contribution in [3.8, 4) is 22.8 Å². The Bertz CT molecular complexity index is 1050. The first-order valence-corrected chi connectivity index (χ1v) is 10.3. The summed E-state index contributed by atoms with van der Waals surface area (Å²) in [4.78, 5) is 12.8. The third kappa shape index (κ3) is 5.78. The number of amides is 1. The number of halogens is 3. The number of ether oxygens (including phenoxy) is 1. The van der Waals surface area contributed by atoms with Gasteiger partial charge in [-0.25, -0.2) is 0 Å². The number of methoxy groups -OCH3 is 1. The van der Waals surface area contributed by atoms with Gasteiger partial charge in [-0.05, 0) is 37.3 Å². The molecule has 0 bridgehead atoms. The third-order valence-electron chi connectivity index (χ3n) is 4.41. The van der Waals surface area contributed by atoms with E-state index in [9.17, 15) is 18.0 Å². The highest BCUT2D eigenvalue weighted by Crippen LogP contribution is 2.29. The average molecular weight is 450 g/mol. The topological polar surface area (TPSA) is 60.2 Å². The summed E-state index contributed by atoms with van der Waals surface area (Å²) in [7, 11) is 2.69. The average Bonchev–Trinajstić information content (AvgIpc) is 3.14. The van der Waals surface area contributed by atoms with Gasteiger partial charge in [-0.1, -0.05) is 35.5 Å². The Morgan fingerprint density at radius 1 is 1.16 bits per heavy atom. The molecule has 31 heavy (non-hydrogen) atoms. The monoisotopic (exact) mass is 450 g/mol. The van der Waals surface area contributed by atoms with E-state index in [0.717, 1.165) is 35.6 Å². The van der Waals surface area contributed by atoms with Gasteiger partial charge in [0, 0.05) is 18.3 Å². The van der Waals surface area contributed by atoms with Gasteiger partial charge in [0.1, 0.15) is 12.3 Å². The standard InChI is InChI=1S/C21H21F3N4O2S/c1-14-5-4-6-15(11-14)19-25-26-20(28(19)16-7-9-17(30-3)10-8-16)31-12-18(29)27(2)13-21(22,23)24/h4-11H,12-13H2,1-3H3. The Labute approximate surface area is 182 Å². The molecule has 2 aromatic carbocycles. The summed E-state index contributed by atoms with van der Waals surface area (Å²) in [6.45, 7) is 0.661. The zero-order valence-corrected chi connectivity index (χ0v) is 18.0. The van der Waals surface area contributed by atoms with Crippen molar-refractivity contribution in [1.82, 2.24) is 19.7 Å². The van der Waals surface area contributed by atoms with Crippen LogP contribution >= 0.6 is 11.8 Å². The Morgan fingerprint density at radius 2 is 1.87 bits per heavy atom. The highest BCUT2D eigenvalue weighted by Gasteiger charge is 2.31. The maximum absolute atomic E-state index is 12.6. The largest absolute Gasteiger partial charge is 0.497 e. The molecule has 3 rings (SSSR count). The van der Waals surface area contributed by atoms with Crippen LogP contribution in [0.4, 0.5) is 13.2 Å². The molecule has 164 valence electrons. The fourth-order valence-corrected chi connectivity index (χ4v) is 3.78. The van der Waals surface area contributed by atoms with Crippen molar-refractivity contribution < 1.29 is 22.7 Å². The van der Waals surface area contributed by atoms with Crippen molar-refractivity contribution >= 4 is 17.7 Å². The first kappa shape index (κ1) is 22.7. The molecule has 1 aromatic heterocycles. The molecule has 10 heteroatoms. The van der Waals surface area contributed by atoms with Gasteiger partial charge in [0.05, 0.1) is 12.9 Å². The molecule has 3 aromatic rings. The second kappa shape index (κ2) is 9.42. The predicted molar refractivity (Wildman–Crippen MR) is 112 cm³/mol. The fraction of sp³-hybridized carbons (Fsp3) is 0.286. The number of alkyl halides is 3. The van der Waals surface area contributed by atoms with Crippen LogP contribution in [0, 0.1) is 6.92 Å². The van der Waals surface area contributed by atoms with Crippen LogP contribution in [0.1, 0.15) is 5.56 Å². The molecule has 0 N–H and O–H groups in total. The molecule has 1 amide bonds. The van der Waals surface area contributed by atoms with Gasteiger partial charge in [0.2, 0.25) is 5.91 Å². The predicted octanol–water partition coefficient (Wildman–Crippen LogP) is 4.36. The molecule has 6 nitrogen and oxygen atoms in total. The van der Waals surface area contributed by atoms with E-state index in [1.54, 1.807) is 23.8 Å². The van der Waals surface area contributed by atoms with E-state index >= 15 is 0 Å². The maximum Gasteiger partial charge on any atom is 0.406 e. The van der Waals surface area contributed by atoms with Gasteiger partial charge in [-0.15, -0.1) is 10.2 Å². The van der Waals surface area contributed by atoms with E-state index in [2.05, 4.69) is 10.2 Å². The van der Waals surface area contributed by atoms with Crippen molar-refractivity contribution in [3.05, 3.63) is 54.1 Å². The third-order valence-corrected chi connectivity index (χ3v) is 5.32. The van der Waals surface area contributed by atoms with Crippen LogP contribution < -0.4 is 4.74 Å². The van der Waals surface area contributed by atoms with E-state index < -0.39 is 18.6 Å². The van der Waals surface area contributed by atoms with E-state index in [0.29, 0.717) is 21.6 Å². The lowest BCUT2D eigenvalue weighted by Crippen LogP contribution is -2.36. The molecular weight excluding hydrogens is 429 g/mol. The highest BCUT2D eigenvalue weighted by atomic mass is 32.2. The lowest BCUT2D eigenvalue weighted by atomic mass is 10.1. The van der Waals surface area contributed by atoms with Crippen molar-refractivity contribution in [2.24, 2.45) is 0 Å². The number of aromatic nitrogens is 3. The number of aryl methyl sites for hydroxylation is 1. The van der Waals surface area contributed by atoms with E-state index in [1.165, 1.54) is 0 Å². The minimum atomic E-state index is -4.45. The quantitative estimate of drug-likeness (QED) is 0.501. The number of carbonyl (C=O) groups is 1. The van der Waals surface area contributed by atoms with E-state index in [-0.39, 0.29) is 5.75 Å². The number of hydrogen-bond donors (Lipinski definition) is 0. The lowest BCUT2D eigenvalue weighted by molar-refractivity contribution is -0.156. The van der Waals surface area contributed by atoms with Gasteiger partial charge in [0.25, 0.3) is 0 Å². The van der Waals surface area contributed by atoms with Crippen molar-refractivity contribution in [2.75, 3.05) is 26.5 Å². The summed E-state index contributed by atoms with van der Waals surface area (Å²) in [6.07, 6.45) is -4.45. The summed E-state index contributed by atoms with van der Waals surface area (Å²) >= 11 is 1.03. The van der Waals surface area contributed by atoms with Crippen LogP contribution in [0.15, 0.2) is 53.7 Å². The summed E-state index contributed by atoms with van der Waals surface area (Å²) in [5.41, 5.74) is 2.61. The summed E-state index contributed by atoms with van der Waals surface area (Å²) in [5.74, 6) is 0.387. The normalized spacial score (nSPS) is 11.4.